The van der Waals surface area contributed by atoms with Gasteiger partial charge in [-0.3, -0.25) is 24.7 Å². The molecule has 0 bridgehead atoms. The van der Waals surface area contributed by atoms with E-state index in [1.165, 1.54) is 12.1 Å². The van der Waals surface area contributed by atoms with Crippen LogP contribution in [-0.4, -0.2) is 20.8 Å². The largest absolute Gasteiger partial charge is 0.424 e. The summed E-state index contributed by atoms with van der Waals surface area (Å²) in [5, 5.41) is 23.4. The van der Waals surface area contributed by atoms with Gasteiger partial charge in [0, 0.05) is 23.4 Å². The van der Waals surface area contributed by atoms with Gasteiger partial charge in [0.15, 0.2) is 10.2 Å². The zero-order chi connectivity index (χ0) is 19.5. The first kappa shape index (κ1) is 16.5. The smallest absolute Gasteiger partial charge is 0.269 e. The lowest BCUT2D eigenvalue weighted by molar-refractivity contribution is -0.384. The van der Waals surface area contributed by atoms with Crippen LogP contribution in [0, 0.1) is 26.2 Å². The van der Waals surface area contributed by atoms with E-state index in [-0.39, 0.29) is 38.7 Å². The number of carbonyl (C=O) groups excluding carboxylic acids is 1. The van der Waals surface area contributed by atoms with E-state index in [1.807, 2.05) is 0 Å². The molecule has 3 heterocycles. The second-order valence-electron chi connectivity index (χ2n) is 5.76. The van der Waals surface area contributed by atoms with Gasteiger partial charge < -0.3 is 20.8 Å². The number of ether oxygens (including phenoxy) is 1. The Bertz CT molecular complexity index is 1250. The number of anilines is 1. The number of nitro benzene ring substituents is 1. The molecule has 0 saturated heterocycles. The molecule has 12 heteroatoms. The number of fused-ring (bicyclic) bond motifs is 4. The molecule has 4 rings (SSSR count). The lowest BCUT2D eigenvalue weighted by Gasteiger charge is -2.32. The number of hydrogen-bond donors (Lipinski definition) is 4. The van der Waals surface area contributed by atoms with Crippen LogP contribution in [0.15, 0.2) is 34.4 Å². The molecule has 1 aromatic carbocycles. The van der Waals surface area contributed by atoms with Crippen molar-refractivity contribution in [3.8, 4) is 11.9 Å². The van der Waals surface area contributed by atoms with Crippen LogP contribution in [-0.2, 0) is 10.2 Å². The van der Waals surface area contributed by atoms with Crippen LogP contribution >= 0.6 is 12.2 Å². The number of benzene rings is 1. The van der Waals surface area contributed by atoms with Crippen molar-refractivity contribution in [1.29, 1.82) is 5.26 Å². The van der Waals surface area contributed by atoms with Gasteiger partial charge in [0.05, 0.1) is 4.92 Å². The van der Waals surface area contributed by atoms with Gasteiger partial charge in [-0.1, -0.05) is 0 Å². The topological polar surface area (TPSA) is 180 Å². The lowest BCUT2D eigenvalue weighted by Crippen LogP contribution is -2.46. The summed E-state index contributed by atoms with van der Waals surface area (Å²) in [7, 11) is 0. The van der Waals surface area contributed by atoms with Crippen LogP contribution in [0.1, 0.15) is 11.1 Å². The van der Waals surface area contributed by atoms with E-state index < -0.39 is 27.7 Å². The Kier molecular flexibility index (Phi) is 3.21. The number of H-pyrrole nitrogens is 2. The van der Waals surface area contributed by atoms with E-state index in [2.05, 4.69) is 15.3 Å². The summed E-state index contributed by atoms with van der Waals surface area (Å²) >= 11 is 4.90. The molecule has 2 aliphatic rings. The van der Waals surface area contributed by atoms with E-state index in [9.17, 15) is 25.0 Å². The Morgan fingerprint density at radius 3 is 2.74 bits per heavy atom. The molecule has 0 saturated carbocycles. The highest BCUT2D eigenvalue weighted by molar-refractivity contribution is 7.71. The van der Waals surface area contributed by atoms with E-state index >= 15 is 0 Å². The van der Waals surface area contributed by atoms with Gasteiger partial charge in [0.25, 0.3) is 11.2 Å². The van der Waals surface area contributed by atoms with Gasteiger partial charge in [-0.15, -0.1) is 0 Å². The molecule has 1 spiro atoms. The predicted molar refractivity (Wildman–Crippen MR) is 92.2 cm³/mol. The SMILES string of the molecule is N#CC1=C(N)Oc2[nH]c(=S)[nH]c(=O)c2C12C(=O)Nc1ccc([N+](=O)[O-])cc12. The number of non-ortho nitro benzene ring substituents is 1. The van der Waals surface area contributed by atoms with Gasteiger partial charge in [0.1, 0.15) is 17.2 Å². The zero-order valence-electron chi connectivity index (χ0n) is 13.2. The van der Waals surface area contributed by atoms with Crippen molar-refractivity contribution in [3.05, 3.63) is 66.0 Å². The monoisotopic (exact) mass is 384 g/mol. The van der Waals surface area contributed by atoms with Crippen LogP contribution in [0.25, 0.3) is 0 Å². The Morgan fingerprint density at radius 1 is 1.33 bits per heavy atom. The van der Waals surface area contributed by atoms with Crippen LogP contribution < -0.4 is 21.3 Å². The molecule has 0 radical (unpaired) electrons. The summed E-state index contributed by atoms with van der Waals surface area (Å²) in [5.41, 5.74) is 2.33. The molecule has 2 aromatic rings. The molecule has 0 aliphatic carbocycles. The predicted octanol–water partition coefficient (Wildman–Crippen LogP) is 0.665. The molecule has 1 atom stereocenters. The number of aromatic nitrogens is 2. The molecule has 134 valence electrons. The van der Waals surface area contributed by atoms with Crippen LogP contribution in [0.4, 0.5) is 11.4 Å². The highest BCUT2D eigenvalue weighted by Gasteiger charge is 2.58. The third-order valence-corrected chi connectivity index (χ3v) is 4.64. The molecule has 1 aromatic heterocycles. The van der Waals surface area contributed by atoms with Crippen molar-refractivity contribution < 1.29 is 14.5 Å². The minimum absolute atomic E-state index is 0.0433. The highest BCUT2D eigenvalue weighted by atomic mass is 32.1. The quantitative estimate of drug-likeness (QED) is 0.314. The second-order valence-corrected chi connectivity index (χ2v) is 6.16. The number of nitrogens with zero attached hydrogens (tertiary/aromatic N) is 2. The van der Waals surface area contributed by atoms with Crippen molar-refractivity contribution in [2.24, 2.45) is 5.73 Å². The molecule has 2 aliphatic heterocycles. The normalized spacial score (nSPS) is 19.7. The number of nitriles is 1. The maximum atomic E-state index is 13.0. The average molecular weight is 384 g/mol. The highest BCUT2D eigenvalue weighted by Crippen LogP contribution is 2.52. The second kappa shape index (κ2) is 5.26. The number of aromatic amines is 2. The molecule has 1 unspecified atom stereocenters. The van der Waals surface area contributed by atoms with Gasteiger partial charge in [-0.05, 0) is 18.3 Å². The number of rotatable bonds is 1. The molecule has 1 amide bonds. The van der Waals surface area contributed by atoms with Crippen molar-refractivity contribution in [1.82, 2.24) is 9.97 Å². The number of nitro groups is 1. The van der Waals surface area contributed by atoms with Gasteiger partial charge >= 0.3 is 0 Å². The molecule has 0 fully saturated rings. The fraction of sp³-hybridized carbons (Fsp3) is 0.0667. The number of amides is 1. The number of nitrogens with two attached hydrogens (primary N) is 1. The average Bonchev–Trinajstić information content (AvgIpc) is 2.86. The zero-order valence-corrected chi connectivity index (χ0v) is 14.0. The van der Waals surface area contributed by atoms with Crippen molar-refractivity contribution in [3.63, 3.8) is 0 Å². The first-order valence-electron chi connectivity index (χ1n) is 7.36. The first-order valence-corrected chi connectivity index (χ1v) is 7.77. The summed E-state index contributed by atoms with van der Waals surface area (Å²) in [4.78, 5) is 41.2. The maximum absolute atomic E-state index is 13.0. The Balaban J connectivity index is 2.21. The van der Waals surface area contributed by atoms with E-state index in [4.69, 9.17) is 22.7 Å². The summed E-state index contributed by atoms with van der Waals surface area (Å²) in [6.45, 7) is 0. The summed E-state index contributed by atoms with van der Waals surface area (Å²) in [6.07, 6.45) is 0. The van der Waals surface area contributed by atoms with E-state index in [0.717, 1.165) is 6.07 Å². The van der Waals surface area contributed by atoms with Crippen LogP contribution in [0.2, 0.25) is 0 Å². The standard InChI is InChI=1S/C15H8N6O5S/c16-4-7-10(17)26-12-9(11(22)19-14(27)20-12)15(7)6-3-5(21(24)25)1-2-8(6)18-13(15)23/h1-3H,17H2,(H,18,23)(H2,19,20,22,27). The van der Waals surface area contributed by atoms with Crippen molar-refractivity contribution in [2.75, 3.05) is 5.32 Å². The molecule has 11 nitrogen and oxygen atoms in total. The van der Waals surface area contributed by atoms with Crippen LogP contribution in [0.5, 0.6) is 5.88 Å². The minimum atomic E-state index is -2.01. The number of hydrogen-bond acceptors (Lipinski definition) is 8. The Labute approximate surface area is 154 Å². The summed E-state index contributed by atoms with van der Waals surface area (Å²) in [5.74, 6) is -1.40. The maximum Gasteiger partial charge on any atom is 0.269 e. The number of nitrogens with one attached hydrogen (secondary N) is 3. The lowest BCUT2D eigenvalue weighted by atomic mass is 9.69. The fourth-order valence-electron chi connectivity index (χ4n) is 3.39. The van der Waals surface area contributed by atoms with Crippen molar-refractivity contribution in [2.45, 2.75) is 5.41 Å². The Morgan fingerprint density at radius 2 is 2.07 bits per heavy atom. The van der Waals surface area contributed by atoms with E-state index in [0.29, 0.717) is 0 Å². The number of carbonyl (C=O) groups is 1. The van der Waals surface area contributed by atoms with Gasteiger partial charge in [-0.25, -0.2) is 0 Å². The third-order valence-electron chi connectivity index (χ3n) is 4.44. The fourth-order valence-corrected chi connectivity index (χ4v) is 3.58. The molecular formula is C15H8N6O5S. The summed E-state index contributed by atoms with van der Waals surface area (Å²) < 4.78 is 5.22. The van der Waals surface area contributed by atoms with Gasteiger partial charge in [0.2, 0.25) is 17.7 Å². The van der Waals surface area contributed by atoms with Gasteiger partial charge in [-0.2, -0.15) is 5.26 Å². The molecule has 27 heavy (non-hydrogen) atoms. The third kappa shape index (κ3) is 1.96. The molecule has 5 N–H and O–H groups in total. The Hall–Kier alpha value is -3.98. The summed E-state index contributed by atoms with van der Waals surface area (Å²) in [6, 6.07) is 5.43. The van der Waals surface area contributed by atoms with Crippen LogP contribution in [0.3, 0.4) is 0 Å². The first-order chi connectivity index (χ1) is 12.8. The van der Waals surface area contributed by atoms with Crippen molar-refractivity contribution >= 4 is 29.5 Å². The minimum Gasteiger partial charge on any atom is -0.424 e. The molecular weight excluding hydrogens is 376 g/mol. The van der Waals surface area contributed by atoms with E-state index in [1.54, 1.807) is 6.07 Å².